The second-order valence-electron chi connectivity index (χ2n) is 26.7. The van der Waals surface area contributed by atoms with E-state index < -0.39 is 65.5 Å². The molecule has 0 saturated carbocycles. The van der Waals surface area contributed by atoms with Gasteiger partial charge in [-0.2, -0.15) is 0 Å². The van der Waals surface area contributed by atoms with E-state index in [0.717, 1.165) is 0 Å². The second kappa shape index (κ2) is 19.2. The van der Waals surface area contributed by atoms with Crippen LogP contribution in [0.1, 0.15) is 88.8 Å². The summed E-state index contributed by atoms with van der Waals surface area (Å²) in [5, 5.41) is 25.6. The molecule has 0 nitrogen and oxygen atoms in total. The van der Waals surface area contributed by atoms with Crippen molar-refractivity contribution >= 4 is 63.4 Å². The third-order valence-corrected chi connectivity index (χ3v) is 41.7. The molecule has 0 fully saturated rings. The van der Waals surface area contributed by atoms with E-state index in [2.05, 4.69) is 253 Å². The number of rotatable bonds is 10. The quantitative estimate of drug-likeness (QED) is 0.139. The molecule has 0 bridgehead atoms. The molecule has 0 saturated heterocycles. The van der Waals surface area contributed by atoms with E-state index in [1.54, 1.807) is 64.6 Å². The summed E-state index contributed by atoms with van der Waals surface area (Å²) in [6.45, 7) is 54.2. The van der Waals surface area contributed by atoms with Crippen molar-refractivity contribution in [2.75, 3.05) is 0 Å². The van der Waals surface area contributed by atoms with Crippen molar-refractivity contribution in [2.45, 2.75) is 191 Å². The maximum absolute atomic E-state index is 2.71. The Morgan fingerprint density at radius 3 is 1.09 bits per heavy atom. The first-order chi connectivity index (χ1) is 30.7. The first-order valence-corrected chi connectivity index (χ1v) is 48.9. The standard InChI is InChI=1S/2C28H39Si2.6CH3.2Ti/c1-19-12-13-27(21(3)14-19)30(11,28(7)18-22(4)23(5)24(28)6)26-16-20(2)15-25(17-26)29(8,9)10;1-19-15-25(29(8,9)10)17-26(16-19)30(11,27-14-12-13-20(2)23(27)5)28(7)18-21(3)22(4)24(28)6;;;;;;;;/h2*12-17H,1-11H3;6*1H3;;. The van der Waals surface area contributed by atoms with Gasteiger partial charge in [-0.3, -0.25) is 0 Å². The summed E-state index contributed by atoms with van der Waals surface area (Å²) in [7, 11) is -7.45. The molecule has 0 heterocycles. The molecule has 0 aliphatic heterocycles. The van der Waals surface area contributed by atoms with Crippen LogP contribution in [0.4, 0.5) is 0 Å². The fraction of sp³-hybridized carbons (Fsp3) is 0.484. The minimum absolute atomic E-state index is 0.0997. The van der Waals surface area contributed by atoms with Gasteiger partial charge in [0, 0.05) is 0 Å². The van der Waals surface area contributed by atoms with Crippen LogP contribution in [-0.4, -0.2) is 32.3 Å². The molecule has 6 heteroatoms. The van der Waals surface area contributed by atoms with Gasteiger partial charge in [-0.25, -0.2) is 0 Å². The van der Waals surface area contributed by atoms with Crippen LogP contribution in [-0.2, 0) is 33.2 Å². The molecular weight excluding hydrogens is 953 g/mol. The fourth-order valence-electron chi connectivity index (χ4n) is 13.8. The summed E-state index contributed by atoms with van der Waals surface area (Å²) in [6, 6.07) is 29.8. The van der Waals surface area contributed by atoms with Crippen molar-refractivity contribution in [1.82, 2.24) is 0 Å². The zero-order valence-corrected chi connectivity index (χ0v) is 56.1. The van der Waals surface area contributed by atoms with Gasteiger partial charge >= 0.3 is 435 Å². The van der Waals surface area contributed by atoms with Gasteiger partial charge in [0.25, 0.3) is 0 Å². The zero-order chi connectivity index (χ0) is 52.0. The number of hydrogen-bond acceptors (Lipinski definition) is 0. The predicted octanol–water partition coefficient (Wildman–Crippen LogP) is 16.1. The van der Waals surface area contributed by atoms with E-state index >= 15 is 0 Å². The van der Waals surface area contributed by atoms with E-state index in [9.17, 15) is 0 Å². The minimum atomic E-state index is -2.28. The fourth-order valence-corrected chi connectivity index (χ4v) is 42.1. The summed E-state index contributed by atoms with van der Waals surface area (Å²) < 4.78 is 3.68. The van der Waals surface area contributed by atoms with Gasteiger partial charge in [0.1, 0.15) is 0 Å². The van der Waals surface area contributed by atoms with Crippen molar-refractivity contribution in [3.8, 4) is 0 Å². The second-order valence-corrected chi connectivity index (χ2v) is 61.2. The third kappa shape index (κ3) is 9.61. The Morgan fingerprint density at radius 1 is 0.368 bits per heavy atom. The Kier molecular flexibility index (Phi) is 16.1. The molecule has 2 aliphatic carbocycles. The molecule has 0 spiro atoms. The summed E-state index contributed by atoms with van der Waals surface area (Å²) in [6.07, 6.45) is 0. The van der Waals surface area contributed by atoms with Gasteiger partial charge in [-0.05, 0) is 0 Å². The van der Waals surface area contributed by atoms with Crippen molar-refractivity contribution in [3.63, 3.8) is 0 Å². The van der Waals surface area contributed by atoms with Gasteiger partial charge in [-0.15, -0.1) is 0 Å². The number of allylic oxidation sites excluding steroid dienone is 8. The Labute approximate surface area is 430 Å². The molecule has 4 atom stereocenters. The molecule has 4 aromatic rings. The van der Waals surface area contributed by atoms with Crippen LogP contribution in [0.5, 0.6) is 0 Å². The van der Waals surface area contributed by atoms with Crippen molar-refractivity contribution < 1.29 is 33.2 Å². The molecule has 4 unspecified atom stereocenters. The van der Waals surface area contributed by atoms with E-state index in [4.69, 9.17) is 0 Å². The van der Waals surface area contributed by atoms with Crippen LogP contribution in [0, 0.1) is 41.5 Å². The van der Waals surface area contributed by atoms with E-state index in [1.807, 2.05) is 7.76 Å². The average molecular weight is 1050 g/mol. The molecule has 0 aromatic heterocycles. The molecule has 6 rings (SSSR count). The molecule has 0 radical (unpaired) electrons. The Balaban J connectivity index is 0.000000254. The molecular formula is C62H96Si4Ti2. The Morgan fingerprint density at radius 2 is 0.735 bits per heavy atom. The van der Waals surface area contributed by atoms with Crippen LogP contribution < -0.4 is 31.1 Å². The van der Waals surface area contributed by atoms with Gasteiger partial charge < -0.3 is 0 Å². The van der Waals surface area contributed by atoms with Crippen molar-refractivity contribution in [3.05, 3.63) is 147 Å². The van der Waals surface area contributed by atoms with Crippen LogP contribution in [0.2, 0.25) is 93.8 Å². The molecule has 0 N–H and O–H groups in total. The van der Waals surface area contributed by atoms with E-state index in [0.29, 0.717) is 0 Å². The van der Waals surface area contributed by atoms with Crippen LogP contribution in [0.3, 0.4) is 0 Å². The van der Waals surface area contributed by atoms with E-state index in [1.165, 1.54) is 33.4 Å². The van der Waals surface area contributed by atoms with Gasteiger partial charge in [-0.1, -0.05) is 0 Å². The van der Waals surface area contributed by atoms with Gasteiger partial charge in [0.05, 0.1) is 0 Å². The SMILES string of the molecule is CC1=C(C)C(C)([Si](C)(c2cc(C)cc([Si](C)(C)C)c2)c2ccc(C)cc2C)[C]([Ti]([CH3])([CH3])[CH3])=C1C.CC1=C(C)C(C)([Si](C)(c2cc(C)cc([Si](C)(C)C)c2)c2cccc(C)c2C)[C]([Ti]([CH3])([CH3])[CH3])=C1C. The van der Waals surface area contributed by atoms with Gasteiger partial charge in [0.2, 0.25) is 0 Å². The number of hydrogen-bond donors (Lipinski definition) is 0. The topological polar surface area (TPSA) is 0 Å². The molecule has 4 aromatic carbocycles. The molecule has 0 amide bonds. The molecule has 68 heavy (non-hydrogen) atoms. The Bertz CT molecular complexity index is 2790. The van der Waals surface area contributed by atoms with E-state index in [-0.39, 0.29) is 10.1 Å². The van der Waals surface area contributed by atoms with Crippen LogP contribution in [0.25, 0.3) is 0 Å². The van der Waals surface area contributed by atoms with Crippen molar-refractivity contribution in [1.29, 1.82) is 0 Å². The number of benzene rings is 4. The average Bonchev–Trinajstić information content (AvgIpc) is 3.50. The summed E-state index contributed by atoms with van der Waals surface area (Å²) >= 11 is -4.38. The first-order valence-electron chi connectivity index (χ1n) is 25.9. The van der Waals surface area contributed by atoms with Crippen LogP contribution in [0.15, 0.2) is 114 Å². The molecule has 2 aliphatic rings. The van der Waals surface area contributed by atoms with Crippen LogP contribution >= 0.6 is 0 Å². The monoisotopic (exact) mass is 1050 g/mol. The van der Waals surface area contributed by atoms with Gasteiger partial charge in [0.15, 0.2) is 0 Å². The number of aryl methyl sites for hydroxylation is 5. The first kappa shape index (κ1) is 57.0. The summed E-state index contributed by atoms with van der Waals surface area (Å²) in [5.74, 6) is 0. The predicted molar refractivity (Wildman–Crippen MR) is 316 cm³/mol. The summed E-state index contributed by atoms with van der Waals surface area (Å²) in [4.78, 5) is 0. The van der Waals surface area contributed by atoms with Crippen molar-refractivity contribution in [2.24, 2.45) is 0 Å². The Hall–Kier alpha value is -1.86. The third-order valence-electron chi connectivity index (χ3n) is 18.1. The molecule has 368 valence electrons. The zero-order valence-electron chi connectivity index (χ0n) is 48.9. The maximum atomic E-state index is 2.71. The normalized spacial score (nSPS) is 21.4. The summed E-state index contributed by atoms with van der Waals surface area (Å²) in [5.41, 5.74) is 18.2.